The van der Waals surface area contributed by atoms with E-state index in [0.29, 0.717) is 37.3 Å². The molecule has 0 radical (unpaired) electrons. The highest BCUT2D eigenvalue weighted by Crippen LogP contribution is 2.34. The molecule has 2 aliphatic rings. The predicted molar refractivity (Wildman–Crippen MR) is 123 cm³/mol. The third kappa shape index (κ3) is 4.78. The Balaban J connectivity index is 1.42. The Morgan fingerprint density at radius 1 is 1.18 bits per heavy atom. The quantitative estimate of drug-likeness (QED) is 0.527. The van der Waals surface area contributed by atoms with Gasteiger partial charge in [-0.15, -0.1) is 0 Å². The van der Waals surface area contributed by atoms with Gasteiger partial charge in [-0.05, 0) is 38.7 Å². The molecule has 1 saturated heterocycles. The second kappa shape index (κ2) is 9.74. The van der Waals surface area contributed by atoms with Gasteiger partial charge in [0.05, 0.1) is 42.6 Å². The molecule has 4 heterocycles. The van der Waals surface area contributed by atoms with E-state index in [1.54, 1.807) is 19.2 Å². The maximum absolute atomic E-state index is 12.3. The number of carbonyl (C=O) groups excluding carboxylic acids is 1. The maximum atomic E-state index is 12.3. The zero-order valence-electron chi connectivity index (χ0n) is 18.9. The van der Waals surface area contributed by atoms with Gasteiger partial charge < -0.3 is 23.7 Å². The molecule has 174 valence electrons. The number of ether oxygens (including phenoxy) is 3. The van der Waals surface area contributed by atoms with Crippen LogP contribution in [0.3, 0.4) is 0 Å². The second-order valence-electron chi connectivity index (χ2n) is 8.45. The van der Waals surface area contributed by atoms with Crippen LogP contribution in [0.4, 0.5) is 5.82 Å². The summed E-state index contributed by atoms with van der Waals surface area (Å²) in [5.41, 5.74) is 1.15. The second-order valence-corrected chi connectivity index (χ2v) is 8.45. The Kier molecular flexibility index (Phi) is 6.39. The van der Waals surface area contributed by atoms with Crippen LogP contribution < -0.4 is 9.64 Å². The van der Waals surface area contributed by atoms with E-state index in [-0.39, 0.29) is 6.10 Å². The first kappa shape index (κ1) is 21.6. The topological polar surface area (TPSA) is 91.6 Å². The lowest BCUT2D eigenvalue weighted by Gasteiger charge is -2.31. The van der Waals surface area contributed by atoms with Gasteiger partial charge in [0, 0.05) is 43.8 Å². The molecule has 9 heteroatoms. The van der Waals surface area contributed by atoms with Gasteiger partial charge in [-0.25, -0.2) is 9.78 Å². The van der Waals surface area contributed by atoms with Gasteiger partial charge in [-0.2, -0.15) is 4.98 Å². The van der Waals surface area contributed by atoms with Crippen molar-refractivity contribution in [2.45, 2.75) is 44.8 Å². The number of nitrogens with zero attached hydrogens (tertiary/aromatic N) is 5. The van der Waals surface area contributed by atoms with Crippen LogP contribution in [0.15, 0.2) is 37.1 Å². The molecule has 1 saturated carbocycles. The number of rotatable bonds is 6. The molecule has 0 N–H and O–H groups in total. The van der Waals surface area contributed by atoms with Crippen LogP contribution in [-0.2, 0) is 9.47 Å². The lowest BCUT2D eigenvalue weighted by atomic mass is 9.93. The van der Waals surface area contributed by atoms with E-state index in [2.05, 4.69) is 19.4 Å². The average Bonchev–Trinajstić information content (AvgIpc) is 3.40. The SMILES string of the molecule is CCOC(=O)c1cnc2cc(N3CCOCC3)nc(OC3CCC(n4ccnc4)CC3)c2c1. The van der Waals surface area contributed by atoms with Crippen LogP contribution in [0, 0.1) is 0 Å². The van der Waals surface area contributed by atoms with Crippen LogP contribution >= 0.6 is 0 Å². The molecule has 0 unspecified atom stereocenters. The summed E-state index contributed by atoms with van der Waals surface area (Å²) in [4.78, 5) is 28.1. The molecule has 0 bridgehead atoms. The zero-order valence-corrected chi connectivity index (χ0v) is 18.9. The number of imidazole rings is 1. The third-order valence-electron chi connectivity index (χ3n) is 6.35. The van der Waals surface area contributed by atoms with Crippen molar-refractivity contribution in [2.24, 2.45) is 0 Å². The average molecular weight is 452 g/mol. The van der Waals surface area contributed by atoms with E-state index in [1.165, 1.54) is 0 Å². The molecule has 3 aromatic rings. The highest BCUT2D eigenvalue weighted by molar-refractivity contribution is 5.95. The van der Waals surface area contributed by atoms with E-state index in [4.69, 9.17) is 19.2 Å². The van der Waals surface area contributed by atoms with E-state index >= 15 is 0 Å². The number of fused-ring (bicyclic) bond motifs is 1. The molecule has 33 heavy (non-hydrogen) atoms. The lowest BCUT2D eigenvalue weighted by Crippen LogP contribution is -2.36. The predicted octanol–water partition coefficient (Wildman–Crippen LogP) is 3.40. The fourth-order valence-electron chi connectivity index (χ4n) is 4.56. The maximum Gasteiger partial charge on any atom is 0.339 e. The summed E-state index contributed by atoms with van der Waals surface area (Å²) >= 11 is 0. The molecule has 9 nitrogen and oxygen atoms in total. The molecule has 0 amide bonds. The lowest BCUT2D eigenvalue weighted by molar-refractivity contribution is 0.0526. The van der Waals surface area contributed by atoms with Gasteiger partial charge in [0.1, 0.15) is 11.9 Å². The fourth-order valence-corrected chi connectivity index (χ4v) is 4.56. The Morgan fingerprint density at radius 3 is 2.73 bits per heavy atom. The first-order chi connectivity index (χ1) is 16.2. The number of anilines is 1. The molecule has 1 aliphatic carbocycles. The highest BCUT2D eigenvalue weighted by Gasteiger charge is 2.25. The van der Waals surface area contributed by atoms with Crippen LogP contribution in [0.5, 0.6) is 5.88 Å². The number of aromatic nitrogens is 4. The van der Waals surface area contributed by atoms with Crippen LogP contribution in [0.2, 0.25) is 0 Å². The van der Waals surface area contributed by atoms with Gasteiger partial charge in [0.2, 0.25) is 5.88 Å². The van der Waals surface area contributed by atoms with E-state index in [9.17, 15) is 4.79 Å². The number of hydrogen-bond acceptors (Lipinski definition) is 8. The molecule has 1 aliphatic heterocycles. The summed E-state index contributed by atoms with van der Waals surface area (Å²) in [6.07, 6.45) is 11.3. The van der Waals surface area contributed by atoms with Gasteiger partial charge in [-0.3, -0.25) is 4.98 Å². The summed E-state index contributed by atoms with van der Waals surface area (Å²) in [6, 6.07) is 4.19. The summed E-state index contributed by atoms with van der Waals surface area (Å²) < 4.78 is 19.3. The Bertz CT molecular complexity index is 1090. The van der Waals surface area contributed by atoms with Crippen molar-refractivity contribution in [2.75, 3.05) is 37.8 Å². The van der Waals surface area contributed by atoms with Crippen molar-refractivity contribution in [3.63, 3.8) is 0 Å². The van der Waals surface area contributed by atoms with Crippen molar-refractivity contribution in [3.05, 3.63) is 42.6 Å². The minimum atomic E-state index is -0.393. The van der Waals surface area contributed by atoms with Crippen molar-refractivity contribution in [3.8, 4) is 5.88 Å². The number of hydrogen-bond donors (Lipinski definition) is 0. The standard InChI is InChI=1S/C24H29N5O4/c1-2-32-24(30)17-13-20-21(26-15-17)14-22(28-9-11-31-12-10-28)27-23(20)33-19-5-3-18(4-6-19)29-8-7-25-16-29/h7-8,13-16,18-19H,2-6,9-12H2,1H3. The fraction of sp³-hybridized carbons (Fsp3) is 0.500. The molecule has 2 fully saturated rings. The summed E-state index contributed by atoms with van der Waals surface area (Å²) in [5, 5.41) is 0.731. The van der Waals surface area contributed by atoms with Gasteiger partial charge in [-0.1, -0.05) is 0 Å². The van der Waals surface area contributed by atoms with E-state index in [0.717, 1.165) is 55.5 Å². The Hall–Kier alpha value is -3.20. The molecule has 5 rings (SSSR count). The molecule has 0 aromatic carbocycles. The molecule has 0 spiro atoms. The van der Waals surface area contributed by atoms with E-state index in [1.807, 2.05) is 24.8 Å². The summed E-state index contributed by atoms with van der Waals surface area (Å²) in [7, 11) is 0. The zero-order chi connectivity index (χ0) is 22.6. The highest BCUT2D eigenvalue weighted by atomic mass is 16.5. The number of carbonyl (C=O) groups is 1. The Morgan fingerprint density at radius 2 is 2.00 bits per heavy atom. The Labute approximate surface area is 192 Å². The minimum absolute atomic E-state index is 0.0617. The summed E-state index contributed by atoms with van der Waals surface area (Å²) in [6.45, 7) is 4.99. The van der Waals surface area contributed by atoms with Crippen molar-refractivity contribution < 1.29 is 19.0 Å². The van der Waals surface area contributed by atoms with E-state index < -0.39 is 5.97 Å². The first-order valence-corrected chi connectivity index (χ1v) is 11.7. The van der Waals surface area contributed by atoms with Crippen LogP contribution in [-0.4, -0.2) is 64.5 Å². The van der Waals surface area contributed by atoms with Crippen LogP contribution in [0.25, 0.3) is 10.9 Å². The number of esters is 1. The van der Waals surface area contributed by atoms with Gasteiger partial charge in [0.15, 0.2) is 0 Å². The molecular weight excluding hydrogens is 422 g/mol. The monoisotopic (exact) mass is 451 g/mol. The molecule has 3 aromatic heterocycles. The minimum Gasteiger partial charge on any atom is -0.474 e. The van der Waals surface area contributed by atoms with Crippen molar-refractivity contribution in [1.29, 1.82) is 0 Å². The molecular formula is C24H29N5O4. The summed E-state index contributed by atoms with van der Waals surface area (Å²) in [5.74, 6) is 0.957. The number of pyridine rings is 2. The number of morpholine rings is 1. The normalized spacial score (nSPS) is 21.2. The van der Waals surface area contributed by atoms with Gasteiger partial charge >= 0.3 is 5.97 Å². The van der Waals surface area contributed by atoms with Crippen LogP contribution in [0.1, 0.15) is 49.0 Å². The molecule has 0 atom stereocenters. The smallest absolute Gasteiger partial charge is 0.339 e. The first-order valence-electron chi connectivity index (χ1n) is 11.7. The third-order valence-corrected chi connectivity index (χ3v) is 6.35. The van der Waals surface area contributed by atoms with Crippen molar-refractivity contribution >= 4 is 22.7 Å². The van der Waals surface area contributed by atoms with Gasteiger partial charge in [0.25, 0.3) is 0 Å². The largest absolute Gasteiger partial charge is 0.474 e. The van der Waals surface area contributed by atoms with Crippen molar-refractivity contribution in [1.82, 2.24) is 19.5 Å².